The van der Waals surface area contributed by atoms with E-state index in [1.54, 1.807) is 41.2 Å². The van der Waals surface area contributed by atoms with Crippen molar-refractivity contribution in [3.8, 4) is 11.4 Å². The summed E-state index contributed by atoms with van der Waals surface area (Å²) >= 11 is 11.9. The second kappa shape index (κ2) is 3.98. The van der Waals surface area contributed by atoms with Gasteiger partial charge < -0.3 is 0 Å². The Bertz CT molecular complexity index is 660. The maximum absolute atomic E-state index is 6.10. The fraction of sp³-hybridized carbons (Fsp3) is 0. The van der Waals surface area contributed by atoms with Crippen molar-refractivity contribution in [2.24, 2.45) is 0 Å². The smallest absolute Gasteiger partial charge is 0.220 e. The van der Waals surface area contributed by atoms with E-state index in [-0.39, 0.29) is 0 Å². The third-order valence-electron chi connectivity index (χ3n) is 2.29. The van der Waals surface area contributed by atoms with Crippen LogP contribution in [0.2, 0.25) is 10.0 Å². The molecule has 2 aromatic heterocycles. The van der Waals surface area contributed by atoms with E-state index in [0.717, 1.165) is 5.56 Å². The minimum atomic E-state index is 0.522. The average molecular weight is 265 g/mol. The van der Waals surface area contributed by atoms with Crippen LogP contribution in [0.25, 0.3) is 17.2 Å². The standard InChI is InChI=1S/C11H6Cl2N4/c12-7-2-3-8(9(13)6-7)10-15-11-14-4-1-5-17(11)16-10/h1-6H. The molecule has 3 aromatic rings. The number of halogens is 2. The molecule has 0 unspecified atom stereocenters. The van der Waals surface area contributed by atoms with E-state index in [9.17, 15) is 0 Å². The van der Waals surface area contributed by atoms with E-state index < -0.39 is 0 Å². The van der Waals surface area contributed by atoms with Crippen molar-refractivity contribution >= 4 is 29.0 Å². The first-order valence-electron chi connectivity index (χ1n) is 4.87. The third kappa shape index (κ3) is 1.85. The van der Waals surface area contributed by atoms with Crippen LogP contribution in [0.3, 0.4) is 0 Å². The number of benzene rings is 1. The Hall–Kier alpha value is -1.65. The summed E-state index contributed by atoms with van der Waals surface area (Å²) in [5.41, 5.74) is 0.738. The first kappa shape index (κ1) is 10.5. The SMILES string of the molecule is Clc1ccc(-c2nc3ncccn3n2)c(Cl)c1. The number of fused-ring (bicyclic) bond motifs is 1. The van der Waals surface area contributed by atoms with Gasteiger partial charge in [0.2, 0.25) is 0 Å². The minimum absolute atomic E-state index is 0.522. The zero-order valence-electron chi connectivity index (χ0n) is 8.51. The summed E-state index contributed by atoms with van der Waals surface area (Å²) in [4.78, 5) is 8.38. The van der Waals surface area contributed by atoms with Crippen LogP contribution in [0, 0.1) is 0 Å². The van der Waals surface area contributed by atoms with Gasteiger partial charge in [0.25, 0.3) is 5.78 Å². The summed E-state index contributed by atoms with van der Waals surface area (Å²) in [5.74, 6) is 1.07. The van der Waals surface area contributed by atoms with Gasteiger partial charge in [-0.2, -0.15) is 4.98 Å². The minimum Gasteiger partial charge on any atom is -0.220 e. The van der Waals surface area contributed by atoms with Crippen LogP contribution in [0.1, 0.15) is 0 Å². The maximum Gasteiger partial charge on any atom is 0.252 e. The highest BCUT2D eigenvalue weighted by atomic mass is 35.5. The molecule has 0 fully saturated rings. The predicted molar refractivity (Wildman–Crippen MR) is 66.2 cm³/mol. The molecule has 1 aromatic carbocycles. The quantitative estimate of drug-likeness (QED) is 0.679. The molecule has 0 atom stereocenters. The maximum atomic E-state index is 6.10. The Morgan fingerprint density at radius 1 is 1.18 bits per heavy atom. The molecule has 0 aliphatic rings. The van der Waals surface area contributed by atoms with Crippen LogP contribution in [-0.4, -0.2) is 19.6 Å². The average Bonchev–Trinajstić information content (AvgIpc) is 2.72. The molecule has 0 aliphatic carbocycles. The lowest BCUT2D eigenvalue weighted by Crippen LogP contribution is -1.87. The predicted octanol–water partition coefficient (Wildman–Crippen LogP) is 3.10. The Morgan fingerprint density at radius 2 is 2.06 bits per heavy atom. The first-order chi connectivity index (χ1) is 8.24. The Kier molecular flexibility index (Phi) is 2.46. The lowest BCUT2D eigenvalue weighted by molar-refractivity contribution is 0.942. The molecule has 6 heteroatoms. The first-order valence-corrected chi connectivity index (χ1v) is 5.62. The molecule has 4 nitrogen and oxygen atoms in total. The molecule has 0 radical (unpaired) electrons. The molecule has 0 amide bonds. The van der Waals surface area contributed by atoms with Crippen LogP contribution in [0.4, 0.5) is 0 Å². The number of aromatic nitrogens is 4. The fourth-order valence-electron chi connectivity index (χ4n) is 1.52. The van der Waals surface area contributed by atoms with Crippen molar-refractivity contribution in [3.63, 3.8) is 0 Å². The summed E-state index contributed by atoms with van der Waals surface area (Å²) in [6.45, 7) is 0. The van der Waals surface area contributed by atoms with Crippen molar-refractivity contribution in [1.82, 2.24) is 19.6 Å². The van der Waals surface area contributed by atoms with E-state index >= 15 is 0 Å². The number of rotatable bonds is 1. The molecule has 0 aliphatic heterocycles. The largest absolute Gasteiger partial charge is 0.252 e. The van der Waals surface area contributed by atoms with Crippen molar-refractivity contribution in [2.75, 3.05) is 0 Å². The molecule has 84 valence electrons. The Morgan fingerprint density at radius 3 is 2.82 bits per heavy atom. The molecule has 0 spiro atoms. The van der Waals surface area contributed by atoms with Gasteiger partial charge in [-0.05, 0) is 24.3 Å². The second-order valence-electron chi connectivity index (χ2n) is 3.42. The van der Waals surface area contributed by atoms with Crippen LogP contribution in [0.5, 0.6) is 0 Å². The van der Waals surface area contributed by atoms with E-state index in [1.165, 1.54) is 0 Å². The molecule has 2 heterocycles. The molecule has 3 rings (SSSR count). The fourth-order valence-corrected chi connectivity index (χ4v) is 2.01. The highest BCUT2D eigenvalue weighted by Gasteiger charge is 2.10. The zero-order chi connectivity index (χ0) is 11.8. The third-order valence-corrected chi connectivity index (χ3v) is 2.84. The summed E-state index contributed by atoms with van der Waals surface area (Å²) < 4.78 is 1.60. The lowest BCUT2D eigenvalue weighted by atomic mass is 10.2. The van der Waals surface area contributed by atoms with Gasteiger partial charge in [-0.1, -0.05) is 23.2 Å². The summed E-state index contributed by atoms with van der Waals surface area (Å²) in [7, 11) is 0. The normalized spacial score (nSPS) is 10.9. The molecule has 0 saturated heterocycles. The summed E-state index contributed by atoms with van der Waals surface area (Å²) in [6.07, 6.45) is 3.44. The van der Waals surface area contributed by atoms with Gasteiger partial charge in [0.05, 0.1) is 5.02 Å². The van der Waals surface area contributed by atoms with Crippen LogP contribution in [-0.2, 0) is 0 Å². The van der Waals surface area contributed by atoms with Gasteiger partial charge in [0.15, 0.2) is 5.82 Å². The van der Waals surface area contributed by atoms with Crippen molar-refractivity contribution in [1.29, 1.82) is 0 Å². The summed E-state index contributed by atoms with van der Waals surface area (Å²) in [5, 5.41) is 5.39. The van der Waals surface area contributed by atoms with Gasteiger partial charge in [-0.25, -0.2) is 9.50 Å². The van der Waals surface area contributed by atoms with Crippen LogP contribution >= 0.6 is 23.2 Å². The Balaban J connectivity index is 2.20. The monoisotopic (exact) mass is 264 g/mol. The summed E-state index contributed by atoms with van der Waals surface area (Å²) in [6, 6.07) is 6.99. The number of hydrogen-bond acceptors (Lipinski definition) is 3. The van der Waals surface area contributed by atoms with E-state index in [1.807, 2.05) is 0 Å². The molecule has 0 bridgehead atoms. The van der Waals surface area contributed by atoms with E-state index in [0.29, 0.717) is 21.6 Å². The molecule has 0 N–H and O–H groups in total. The zero-order valence-corrected chi connectivity index (χ0v) is 10.0. The van der Waals surface area contributed by atoms with Gasteiger partial charge >= 0.3 is 0 Å². The lowest BCUT2D eigenvalue weighted by Gasteiger charge is -1.98. The van der Waals surface area contributed by atoms with Crippen molar-refractivity contribution in [3.05, 3.63) is 46.7 Å². The van der Waals surface area contributed by atoms with Gasteiger partial charge in [0.1, 0.15) is 0 Å². The number of hydrogen-bond donors (Lipinski definition) is 0. The number of nitrogens with zero attached hydrogens (tertiary/aromatic N) is 4. The van der Waals surface area contributed by atoms with E-state index in [4.69, 9.17) is 23.2 Å². The van der Waals surface area contributed by atoms with Gasteiger partial charge in [0, 0.05) is 23.0 Å². The van der Waals surface area contributed by atoms with Crippen molar-refractivity contribution < 1.29 is 0 Å². The van der Waals surface area contributed by atoms with Crippen LogP contribution in [0.15, 0.2) is 36.7 Å². The van der Waals surface area contributed by atoms with E-state index in [2.05, 4.69) is 15.1 Å². The molecule has 0 saturated carbocycles. The molecular weight excluding hydrogens is 259 g/mol. The molecular formula is C11H6Cl2N4. The topological polar surface area (TPSA) is 43.1 Å². The highest BCUT2D eigenvalue weighted by molar-refractivity contribution is 6.36. The molecule has 17 heavy (non-hydrogen) atoms. The van der Waals surface area contributed by atoms with Crippen molar-refractivity contribution in [2.45, 2.75) is 0 Å². The highest BCUT2D eigenvalue weighted by Crippen LogP contribution is 2.28. The Labute approximate surface area is 107 Å². The van der Waals surface area contributed by atoms with Gasteiger partial charge in [-0.3, -0.25) is 0 Å². The van der Waals surface area contributed by atoms with Gasteiger partial charge in [-0.15, -0.1) is 5.10 Å². The van der Waals surface area contributed by atoms with Crippen LogP contribution < -0.4 is 0 Å². The second-order valence-corrected chi connectivity index (χ2v) is 4.27.